The number of carbonyl (C=O) groups excluding carboxylic acids is 1. The van der Waals surface area contributed by atoms with Crippen molar-refractivity contribution in [3.63, 3.8) is 0 Å². The van der Waals surface area contributed by atoms with Crippen LogP contribution < -0.4 is 10.6 Å². The molecular formula is C16H21N5O. The fraction of sp³-hybridized carbons (Fsp3) is 0.438. The lowest BCUT2D eigenvalue weighted by Crippen LogP contribution is -2.30. The second kappa shape index (κ2) is 6.27. The fourth-order valence-corrected chi connectivity index (χ4v) is 2.86. The van der Waals surface area contributed by atoms with Crippen LogP contribution in [0.4, 0.5) is 5.69 Å². The second-order valence-electron chi connectivity index (χ2n) is 5.77. The number of benzene rings is 1. The van der Waals surface area contributed by atoms with Gasteiger partial charge in [-0.3, -0.25) is 4.79 Å². The molecule has 0 radical (unpaired) electrons. The van der Waals surface area contributed by atoms with Gasteiger partial charge in [0.2, 0.25) is 0 Å². The van der Waals surface area contributed by atoms with Crippen molar-refractivity contribution in [2.75, 3.05) is 18.4 Å². The molecule has 0 unspecified atom stereocenters. The molecule has 0 aliphatic carbocycles. The maximum absolute atomic E-state index is 12.4. The minimum Gasteiger partial charge on any atom is -0.321 e. The van der Waals surface area contributed by atoms with Crippen molar-refractivity contribution in [2.45, 2.75) is 32.7 Å². The monoisotopic (exact) mass is 299 g/mol. The highest BCUT2D eigenvalue weighted by Gasteiger charge is 2.22. The number of anilines is 1. The molecular weight excluding hydrogens is 278 g/mol. The molecule has 1 amide bonds. The van der Waals surface area contributed by atoms with Gasteiger partial charge in [-0.25, -0.2) is 4.68 Å². The Bertz CT molecular complexity index is 673. The van der Waals surface area contributed by atoms with Crippen molar-refractivity contribution in [3.8, 4) is 0 Å². The molecule has 116 valence electrons. The van der Waals surface area contributed by atoms with Gasteiger partial charge < -0.3 is 10.6 Å². The Labute approximate surface area is 129 Å². The van der Waals surface area contributed by atoms with Crippen LogP contribution in [-0.2, 0) is 0 Å². The lowest BCUT2D eigenvalue weighted by atomic mass is 10.1. The molecule has 1 aliphatic heterocycles. The molecule has 0 bridgehead atoms. The van der Waals surface area contributed by atoms with Crippen molar-refractivity contribution in [2.24, 2.45) is 0 Å². The van der Waals surface area contributed by atoms with Gasteiger partial charge in [0.15, 0.2) is 5.69 Å². The van der Waals surface area contributed by atoms with Crippen LogP contribution in [0.1, 0.15) is 40.6 Å². The smallest absolute Gasteiger partial charge is 0.278 e. The van der Waals surface area contributed by atoms with E-state index in [9.17, 15) is 4.79 Å². The number of nitrogens with zero attached hydrogens (tertiary/aromatic N) is 3. The molecule has 1 saturated heterocycles. The molecule has 2 aromatic rings. The summed E-state index contributed by atoms with van der Waals surface area (Å²) >= 11 is 0. The molecule has 0 spiro atoms. The van der Waals surface area contributed by atoms with Crippen LogP contribution in [0, 0.1) is 13.8 Å². The highest BCUT2D eigenvalue weighted by Crippen LogP contribution is 2.21. The topological polar surface area (TPSA) is 71.8 Å². The highest BCUT2D eigenvalue weighted by atomic mass is 16.2. The molecule has 1 aliphatic rings. The van der Waals surface area contributed by atoms with E-state index in [0.29, 0.717) is 11.7 Å². The van der Waals surface area contributed by atoms with Crippen molar-refractivity contribution < 1.29 is 4.79 Å². The quantitative estimate of drug-likeness (QED) is 0.910. The first-order chi connectivity index (χ1) is 10.6. The predicted molar refractivity (Wildman–Crippen MR) is 85.0 cm³/mol. The molecule has 22 heavy (non-hydrogen) atoms. The summed E-state index contributed by atoms with van der Waals surface area (Å²) < 4.78 is 1.89. The van der Waals surface area contributed by atoms with Gasteiger partial charge in [-0.15, -0.1) is 5.10 Å². The maximum Gasteiger partial charge on any atom is 0.278 e. The second-order valence-corrected chi connectivity index (χ2v) is 5.77. The van der Waals surface area contributed by atoms with E-state index < -0.39 is 0 Å². The third-order valence-electron chi connectivity index (χ3n) is 4.07. The van der Waals surface area contributed by atoms with Crippen molar-refractivity contribution >= 4 is 11.6 Å². The molecule has 1 aromatic heterocycles. The number of amides is 1. The molecule has 3 rings (SSSR count). The van der Waals surface area contributed by atoms with E-state index in [0.717, 1.165) is 42.9 Å². The average molecular weight is 299 g/mol. The van der Waals surface area contributed by atoms with E-state index in [1.807, 2.05) is 42.8 Å². The minimum atomic E-state index is -0.205. The largest absolute Gasteiger partial charge is 0.321 e. The van der Waals surface area contributed by atoms with Gasteiger partial charge in [0.05, 0.1) is 11.7 Å². The van der Waals surface area contributed by atoms with E-state index in [1.165, 1.54) is 0 Å². The first-order valence-electron chi connectivity index (χ1n) is 7.65. The first-order valence-corrected chi connectivity index (χ1v) is 7.65. The molecule has 6 heteroatoms. The van der Waals surface area contributed by atoms with E-state index in [1.54, 1.807) is 0 Å². The number of hydrogen-bond acceptors (Lipinski definition) is 4. The maximum atomic E-state index is 12.4. The minimum absolute atomic E-state index is 0.205. The van der Waals surface area contributed by atoms with Crippen molar-refractivity contribution in [3.05, 3.63) is 41.2 Å². The molecule has 1 aromatic carbocycles. The molecule has 1 fully saturated rings. The summed E-state index contributed by atoms with van der Waals surface area (Å²) in [6.45, 7) is 5.87. The lowest BCUT2D eigenvalue weighted by molar-refractivity contribution is 0.102. The zero-order valence-corrected chi connectivity index (χ0v) is 13.0. The van der Waals surface area contributed by atoms with Gasteiger partial charge in [-0.05, 0) is 57.5 Å². The molecule has 2 heterocycles. The summed E-state index contributed by atoms with van der Waals surface area (Å²) in [5.74, 6) is -0.205. The third kappa shape index (κ3) is 3.01. The Kier molecular flexibility index (Phi) is 4.20. The Morgan fingerprint density at radius 1 is 1.32 bits per heavy atom. The summed E-state index contributed by atoms with van der Waals surface area (Å²) in [6, 6.07) is 8.05. The highest BCUT2D eigenvalue weighted by molar-refractivity contribution is 6.03. The van der Waals surface area contributed by atoms with Crippen LogP contribution in [0.2, 0.25) is 0 Å². The van der Waals surface area contributed by atoms with Crippen molar-refractivity contribution in [1.82, 2.24) is 20.3 Å². The van der Waals surface area contributed by atoms with E-state index in [4.69, 9.17) is 0 Å². The van der Waals surface area contributed by atoms with Gasteiger partial charge >= 0.3 is 0 Å². The lowest BCUT2D eigenvalue weighted by Gasteiger charge is -2.23. The van der Waals surface area contributed by atoms with Crippen LogP contribution in [0.3, 0.4) is 0 Å². The Hall–Kier alpha value is -2.21. The standard InChI is InChI=1S/C16H21N5O/c1-11-4-3-5-13(10-11)18-16(22)15-12(2)21(20-19-15)14-6-8-17-9-7-14/h3-5,10,14,17H,6-9H2,1-2H3,(H,18,22). The van der Waals surface area contributed by atoms with Gasteiger partial charge in [0, 0.05) is 5.69 Å². The predicted octanol–water partition coefficient (Wildman–Crippen LogP) is 2.07. The van der Waals surface area contributed by atoms with Crippen LogP contribution >= 0.6 is 0 Å². The molecule has 2 N–H and O–H groups in total. The van der Waals surface area contributed by atoms with Crippen LogP contribution in [0.5, 0.6) is 0 Å². The summed E-state index contributed by atoms with van der Waals surface area (Å²) in [7, 11) is 0. The summed E-state index contributed by atoms with van der Waals surface area (Å²) in [6.07, 6.45) is 2.03. The summed E-state index contributed by atoms with van der Waals surface area (Å²) in [4.78, 5) is 12.4. The molecule has 6 nitrogen and oxygen atoms in total. The van der Waals surface area contributed by atoms with Gasteiger partial charge in [-0.2, -0.15) is 0 Å². The molecule has 0 saturated carbocycles. The van der Waals surface area contributed by atoms with E-state index in [2.05, 4.69) is 20.9 Å². The van der Waals surface area contributed by atoms with Gasteiger partial charge in [0.25, 0.3) is 5.91 Å². The number of hydrogen-bond donors (Lipinski definition) is 2. The fourth-order valence-electron chi connectivity index (χ4n) is 2.86. The van der Waals surface area contributed by atoms with Gasteiger partial charge in [-0.1, -0.05) is 17.3 Å². The zero-order chi connectivity index (χ0) is 15.5. The Morgan fingerprint density at radius 3 is 2.82 bits per heavy atom. The zero-order valence-electron chi connectivity index (χ0n) is 13.0. The number of aromatic nitrogens is 3. The van der Waals surface area contributed by atoms with Crippen molar-refractivity contribution in [1.29, 1.82) is 0 Å². The van der Waals surface area contributed by atoms with E-state index >= 15 is 0 Å². The summed E-state index contributed by atoms with van der Waals surface area (Å²) in [5, 5.41) is 14.5. The third-order valence-corrected chi connectivity index (χ3v) is 4.07. The first kappa shape index (κ1) is 14.7. The normalized spacial score (nSPS) is 15.7. The number of rotatable bonds is 3. The number of nitrogens with one attached hydrogen (secondary N) is 2. The molecule has 0 atom stereocenters. The van der Waals surface area contributed by atoms with Crippen LogP contribution in [0.15, 0.2) is 24.3 Å². The summed E-state index contributed by atoms with van der Waals surface area (Å²) in [5.41, 5.74) is 3.12. The number of carbonyl (C=O) groups is 1. The average Bonchev–Trinajstić information content (AvgIpc) is 2.90. The van der Waals surface area contributed by atoms with Crippen LogP contribution in [-0.4, -0.2) is 34.0 Å². The Morgan fingerprint density at radius 2 is 2.09 bits per heavy atom. The number of aryl methyl sites for hydroxylation is 1. The van der Waals surface area contributed by atoms with Crippen LogP contribution in [0.25, 0.3) is 0 Å². The SMILES string of the molecule is Cc1cccc(NC(=O)c2nnn(C3CCNCC3)c2C)c1. The van der Waals surface area contributed by atoms with E-state index in [-0.39, 0.29) is 5.91 Å². The Balaban J connectivity index is 1.77. The van der Waals surface area contributed by atoms with Gasteiger partial charge in [0.1, 0.15) is 0 Å². The number of piperidine rings is 1.